The highest BCUT2D eigenvalue weighted by atomic mass is 32.1. The van der Waals surface area contributed by atoms with Gasteiger partial charge in [-0.3, -0.25) is 4.99 Å². The molecular weight excluding hydrogens is 383 g/mol. The lowest BCUT2D eigenvalue weighted by molar-refractivity contribution is 0.629. The molecule has 2 heterocycles. The van der Waals surface area contributed by atoms with Crippen LogP contribution in [0.4, 0.5) is 10.1 Å². The summed E-state index contributed by atoms with van der Waals surface area (Å²) in [5.74, 6) is 0.625. The zero-order chi connectivity index (χ0) is 20.4. The number of nitrogens with one attached hydrogen (secondary N) is 2. The van der Waals surface area contributed by atoms with Gasteiger partial charge in [-0.15, -0.1) is 11.3 Å². The maximum atomic E-state index is 14.3. The van der Waals surface area contributed by atoms with Gasteiger partial charge in [0.25, 0.3) is 0 Å². The van der Waals surface area contributed by atoms with E-state index in [1.54, 1.807) is 23.5 Å². The maximum Gasteiger partial charge on any atom is 0.195 e. The lowest BCUT2D eigenvalue weighted by Crippen LogP contribution is -2.35. The van der Waals surface area contributed by atoms with Crippen molar-refractivity contribution in [2.75, 3.05) is 18.4 Å². The first-order chi connectivity index (χ1) is 14.0. The summed E-state index contributed by atoms with van der Waals surface area (Å²) in [5, 5.41) is 9.62. The zero-order valence-electron chi connectivity index (χ0n) is 17.0. The summed E-state index contributed by atoms with van der Waals surface area (Å²) >= 11 is 1.58. The Balaban J connectivity index is 1.53. The molecule has 1 aliphatic heterocycles. The highest BCUT2D eigenvalue weighted by Crippen LogP contribution is 2.28. The minimum absolute atomic E-state index is 0.219. The molecule has 3 aromatic rings. The molecule has 0 atom stereocenters. The summed E-state index contributed by atoms with van der Waals surface area (Å²) in [5.41, 5.74) is 6.85. The third-order valence-corrected chi connectivity index (χ3v) is 5.98. The third-order valence-electron chi connectivity index (χ3n) is 5.13. The number of hydrogen-bond acceptors (Lipinski definition) is 5. The van der Waals surface area contributed by atoms with Crippen LogP contribution < -0.4 is 10.6 Å². The molecule has 1 aromatic heterocycles. The second-order valence-corrected chi connectivity index (χ2v) is 8.46. The largest absolute Gasteiger partial charge is 0.356 e. The van der Waals surface area contributed by atoms with Crippen molar-refractivity contribution in [1.82, 2.24) is 10.3 Å². The summed E-state index contributed by atoms with van der Waals surface area (Å²) in [7, 11) is 0. The predicted octanol–water partition coefficient (Wildman–Crippen LogP) is 5.23. The van der Waals surface area contributed by atoms with Crippen LogP contribution in [0.25, 0.3) is 11.3 Å². The lowest BCUT2D eigenvalue weighted by Gasteiger charge is -2.18. The van der Waals surface area contributed by atoms with Gasteiger partial charge in [-0.2, -0.15) is 0 Å². The molecule has 0 fully saturated rings. The van der Waals surface area contributed by atoms with E-state index in [0.29, 0.717) is 11.3 Å². The fourth-order valence-electron chi connectivity index (χ4n) is 3.45. The molecule has 0 spiro atoms. The average molecular weight is 409 g/mol. The predicted molar refractivity (Wildman–Crippen MR) is 120 cm³/mol. The van der Waals surface area contributed by atoms with E-state index >= 15 is 0 Å². The van der Waals surface area contributed by atoms with E-state index in [2.05, 4.69) is 46.6 Å². The summed E-state index contributed by atoms with van der Waals surface area (Å²) in [6, 6.07) is 9.65. The van der Waals surface area contributed by atoms with Crippen molar-refractivity contribution in [1.29, 1.82) is 0 Å². The van der Waals surface area contributed by atoms with Gasteiger partial charge >= 0.3 is 0 Å². The first kappa shape index (κ1) is 19.6. The van der Waals surface area contributed by atoms with Crippen LogP contribution in [-0.4, -0.2) is 24.0 Å². The second kappa shape index (κ2) is 8.33. The van der Waals surface area contributed by atoms with E-state index in [9.17, 15) is 4.39 Å². The molecule has 2 aromatic carbocycles. The third kappa shape index (κ3) is 4.48. The SMILES string of the molecule is Cc1ccc(-c2csc(Cc3cc(C)c(NC4=NCCCN4)cc3C)n2)c(F)c1. The molecule has 0 saturated heterocycles. The van der Waals surface area contributed by atoms with E-state index in [0.717, 1.165) is 48.1 Å². The summed E-state index contributed by atoms with van der Waals surface area (Å²) in [6.45, 7) is 7.92. The Morgan fingerprint density at radius 3 is 2.76 bits per heavy atom. The smallest absolute Gasteiger partial charge is 0.195 e. The average Bonchev–Trinajstić information content (AvgIpc) is 3.15. The molecule has 2 N–H and O–H groups in total. The van der Waals surface area contributed by atoms with Crippen molar-refractivity contribution in [3.63, 3.8) is 0 Å². The summed E-state index contributed by atoms with van der Waals surface area (Å²) < 4.78 is 14.3. The monoisotopic (exact) mass is 408 g/mol. The Bertz CT molecular complexity index is 1070. The van der Waals surface area contributed by atoms with E-state index < -0.39 is 0 Å². The number of thiazole rings is 1. The Kier molecular flexibility index (Phi) is 5.62. The van der Waals surface area contributed by atoms with Gasteiger partial charge in [0.15, 0.2) is 5.96 Å². The summed E-state index contributed by atoms with van der Waals surface area (Å²) in [6.07, 6.45) is 1.81. The van der Waals surface area contributed by atoms with Crippen LogP contribution >= 0.6 is 11.3 Å². The molecule has 4 rings (SSSR count). The molecule has 0 bridgehead atoms. The molecule has 0 saturated carbocycles. The van der Waals surface area contributed by atoms with Crippen LogP contribution in [0.1, 0.15) is 33.7 Å². The fraction of sp³-hybridized carbons (Fsp3) is 0.304. The van der Waals surface area contributed by atoms with E-state index in [4.69, 9.17) is 0 Å². The number of aliphatic imine (C=N–C) groups is 1. The number of halogens is 1. The van der Waals surface area contributed by atoms with Crippen LogP contribution in [-0.2, 0) is 6.42 Å². The topological polar surface area (TPSA) is 49.3 Å². The van der Waals surface area contributed by atoms with Gasteiger partial charge in [-0.25, -0.2) is 9.37 Å². The van der Waals surface area contributed by atoms with Crippen molar-refractivity contribution in [3.8, 4) is 11.3 Å². The lowest BCUT2D eigenvalue weighted by atomic mass is 10.0. The Morgan fingerprint density at radius 1 is 1.14 bits per heavy atom. The molecule has 0 unspecified atom stereocenters. The number of aromatic nitrogens is 1. The van der Waals surface area contributed by atoms with Gasteiger partial charge in [-0.1, -0.05) is 12.1 Å². The van der Waals surface area contributed by atoms with Gasteiger partial charge in [-0.05, 0) is 67.6 Å². The zero-order valence-corrected chi connectivity index (χ0v) is 17.8. The molecule has 0 amide bonds. The van der Waals surface area contributed by atoms with Crippen molar-refractivity contribution < 1.29 is 4.39 Å². The van der Waals surface area contributed by atoms with Gasteiger partial charge in [0, 0.05) is 36.1 Å². The Hall–Kier alpha value is -2.73. The molecular formula is C23H25FN4S. The maximum absolute atomic E-state index is 14.3. The molecule has 150 valence electrons. The number of benzene rings is 2. The number of anilines is 1. The standard InChI is InChI=1S/C23H25FN4S/c1-14-5-6-18(19(24)9-14)21-13-29-22(27-21)12-17-10-16(3)20(11-15(17)2)28-23-25-7-4-8-26-23/h5-6,9-11,13H,4,7-8,12H2,1-3H3,(H2,25,26,28). The molecule has 4 nitrogen and oxygen atoms in total. The normalized spacial score (nSPS) is 13.7. The Morgan fingerprint density at radius 2 is 2.00 bits per heavy atom. The van der Waals surface area contributed by atoms with E-state index in [-0.39, 0.29) is 5.82 Å². The van der Waals surface area contributed by atoms with Gasteiger partial charge in [0.1, 0.15) is 5.82 Å². The fourth-order valence-corrected chi connectivity index (χ4v) is 4.27. The van der Waals surface area contributed by atoms with Crippen molar-refractivity contribution in [2.24, 2.45) is 4.99 Å². The van der Waals surface area contributed by atoms with E-state index in [1.807, 2.05) is 18.4 Å². The number of rotatable bonds is 4. The molecule has 1 aliphatic rings. The van der Waals surface area contributed by atoms with Gasteiger partial charge in [0.05, 0.1) is 10.7 Å². The van der Waals surface area contributed by atoms with Crippen molar-refractivity contribution in [3.05, 3.63) is 68.8 Å². The molecule has 29 heavy (non-hydrogen) atoms. The minimum atomic E-state index is -0.219. The minimum Gasteiger partial charge on any atom is -0.356 e. The quantitative estimate of drug-likeness (QED) is 0.622. The number of nitrogens with zero attached hydrogens (tertiary/aromatic N) is 2. The first-order valence-corrected chi connectivity index (χ1v) is 10.7. The Labute approximate surface area is 174 Å². The number of guanidine groups is 1. The molecule has 0 radical (unpaired) electrons. The van der Waals surface area contributed by atoms with Crippen LogP contribution in [0, 0.1) is 26.6 Å². The van der Waals surface area contributed by atoms with Crippen molar-refractivity contribution >= 4 is 23.0 Å². The van der Waals surface area contributed by atoms with Crippen molar-refractivity contribution in [2.45, 2.75) is 33.6 Å². The molecule has 0 aliphatic carbocycles. The van der Waals surface area contributed by atoms with Gasteiger partial charge in [0.2, 0.25) is 0 Å². The summed E-state index contributed by atoms with van der Waals surface area (Å²) in [4.78, 5) is 9.17. The van der Waals surface area contributed by atoms with Gasteiger partial charge < -0.3 is 10.6 Å². The van der Waals surface area contributed by atoms with Crippen LogP contribution in [0.5, 0.6) is 0 Å². The highest BCUT2D eigenvalue weighted by Gasteiger charge is 2.13. The molecule has 6 heteroatoms. The van der Waals surface area contributed by atoms with Crippen LogP contribution in [0.15, 0.2) is 40.7 Å². The highest BCUT2D eigenvalue weighted by molar-refractivity contribution is 7.10. The number of hydrogen-bond donors (Lipinski definition) is 2. The second-order valence-electron chi connectivity index (χ2n) is 7.52. The van der Waals surface area contributed by atoms with E-state index in [1.165, 1.54) is 16.7 Å². The van der Waals surface area contributed by atoms with Crippen LogP contribution in [0.3, 0.4) is 0 Å². The number of aryl methyl sites for hydroxylation is 3. The van der Waals surface area contributed by atoms with Crippen LogP contribution in [0.2, 0.25) is 0 Å². The first-order valence-electron chi connectivity index (χ1n) is 9.86.